The molecule has 0 saturated heterocycles. The number of ether oxygens (including phenoxy) is 1. The Bertz CT molecular complexity index is 1350. The van der Waals surface area contributed by atoms with Crippen molar-refractivity contribution < 1.29 is 13.6 Å². The number of anilines is 4. The van der Waals surface area contributed by atoms with Crippen LogP contribution in [0, 0.1) is 0 Å². The van der Waals surface area contributed by atoms with Crippen molar-refractivity contribution in [2.75, 3.05) is 24.7 Å². The van der Waals surface area contributed by atoms with Gasteiger partial charge in [-0.15, -0.1) is 0 Å². The van der Waals surface area contributed by atoms with E-state index in [1.165, 1.54) is 13.3 Å². The van der Waals surface area contributed by atoms with Gasteiger partial charge in [0.2, 0.25) is 0 Å². The van der Waals surface area contributed by atoms with Crippen LogP contribution in [-0.2, 0) is 13.6 Å². The number of fused-ring (bicyclic) bond motifs is 1. The normalized spacial score (nSPS) is 12.7. The van der Waals surface area contributed by atoms with Gasteiger partial charge in [-0.2, -0.15) is 10.2 Å². The van der Waals surface area contributed by atoms with Crippen molar-refractivity contribution in [2.45, 2.75) is 13.5 Å². The molecule has 4 heterocycles. The zero-order valence-electron chi connectivity index (χ0n) is 20.2. The second kappa shape index (κ2) is 8.30. The molecule has 0 bridgehead atoms. The molecule has 0 unspecified atom stereocenters. The second-order valence-corrected chi connectivity index (χ2v) is 6.60. The number of hydrogen-bond donors (Lipinski definition) is 3. The molecule has 0 aromatic carbocycles. The fourth-order valence-electron chi connectivity index (χ4n) is 3.19. The van der Waals surface area contributed by atoms with Gasteiger partial charge in [0.25, 0.3) is 5.91 Å². The summed E-state index contributed by atoms with van der Waals surface area (Å²) < 4.78 is 31.1. The summed E-state index contributed by atoms with van der Waals surface area (Å²) in [6.45, 7) is -0.0975. The first-order valence-corrected chi connectivity index (χ1v) is 9.43. The van der Waals surface area contributed by atoms with Crippen LogP contribution >= 0.6 is 0 Å². The molecule has 0 aliphatic rings. The monoisotopic (exact) mass is 424 g/mol. The molecule has 0 spiro atoms. The van der Waals surface area contributed by atoms with Crippen molar-refractivity contribution in [3.63, 3.8) is 0 Å². The highest BCUT2D eigenvalue weighted by atomic mass is 16.5. The van der Waals surface area contributed by atoms with E-state index in [-0.39, 0.29) is 11.3 Å². The lowest BCUT2D eigenvalue weighted by Gasteiger charge is -2.15. The van der Waals surface area contributed by atoms with Crippen LogP contribution in [0.3, 0.4) is 0 Å². The lowest BCUT2D eigenvalue weighted by atomic mass is 10.2. The van der Waals surface area contributed by atoms with Crippen LogP contribution in [0.5, 0.6) is 5.75 Å². The number of nitrogens with one attached hydrogen (secondary N) is 3. The number of pyridine rings is 2. The Hall–Kier alpha value is -4.15. The van der Waals surface area contributed by atoms with Crippen LogP contribution in [0.15, 0.2) is 36.9 Å². The lowest BCUT2D eigenvalue weighted by molar-refractivity contribution is 0.0963. The standard InChI is InChI=1S/C20H23N9O2/c1-5-29-17-12(10-24-29)9-23-19(18(17)31-4)25-14-8-16(22-11-13(14)20(30)21-2)26-15-6-7-28(3)27-15/h6-11H,5H2,1-4H3,(H,21,30)(H2,22,23,25,26,27)/i2D3. The number of aryl methyl sites for hydroxylation is 2. The third-order valence-electron chi connectivity index (χ3n) is 4.62. The maximum Gasteiger partial charge on any atom is 0.254 e. The Morgan fingerprint density at radius 3 is 2.81 bits per heavy atom. The molecule has 31 heavy (non-hydrogen) atoms. The van der Waals surface area contributed by atoms with E-state index >= 15 is 0 Å². The first-order valence-electron chi connectivity index (χ1n) is 10.9. The van der Waals surface area contributed by atoms with Crippen molar-refractivity contribution >= 4 is 40.0 Å². The predicted octanol–water partition coefficient (Wildman–Crippen LogP) is 2.44. The third-order valence-corrected chi connectivity index (χ3v) is 4.62. The number of rotatable bonds is 7. The minimum atomic E-state index is -2.66. The van der Waals surface area contributed by atoms with E-state index < -0.39 is 12.9 Å². The number of methoxy groups -OCH3 is 1. The van der Waals surface area contributed by atoms with Gasteiger partial charge < -0.3 is 20.7 Å². The highest BCUT2D eigenvalue weighted by Crippen LogP contribution is 2.34. The summed E-state index contributed by atoms with van der Waals surface area (Å²) in [5.74, 6) is 0.853. The van der Waals surface area contributed by atoms with Crippen LogP contribution in [-0.4, -0.2) is 49.5 Å². The average Bonchev–Trinajstić information content (AvgIpc) is 3.38. The maximum absolute atomic E-state index is 12.7. The number of nitrogens with zero attached hydrogens (tertiary/aromatic N) is 6. The minimum absolute atomic E-state index is 0.00986. The Morgan fingerprint density at radius 1 is 1.23 bits per heavy atom. The molecular formula is C20H23N9O2. The van der Waals surface area contributed by atoms with Crippen molar-refractivity contribution in [1.29, 1.82) is 0 Å². The molecule has 0 radical (unpaired) electrons. The van der Waals surface area contributed by atoms with E-state index in [2.05, 4.69) is 30.8 Å². The number of hydrogen-bond acceptors (Lipinski definition) is 8. The molecule has 0 aliphatic carbocycles. The van der Waals surface area contributed by atoms with Crippen molar-refractivity contribution in [3.8, 4) is 5.75 Å². The van der Waals surface area contributed by atoms with E-state index in [1.807, 2.05) is 12.2 Å². The molecule has 11 nitrogen and oxygen atoms in total. The highest BCUT2D eigenvalue weighted by Gasteiger charge is 2.18. The van der Waals surface area contributed by atoms with Crippen LogP contribution in [0.25, 0.3) is 10.9 Å². The quantitative estimate of drug-likeness (QED) is 0.413. The summed E-state index contributed by atoms with van der Waals surface area (Å²) >= 11 is 0. The Kier molecular flexibility index (Phi) is 4.45. The molecule has 160 valence electrons. The number of carbonyl (C=O) groups excluding carboxylic acids is 1. The number of carbonyl (C=O) groups is 1. The molecule has 0 atom stereocenters. The predicted molar refractivity (Wildman–Crippen MR) is 117 cm³/mol. The summed E-state index contributed by atoms with van der Waals surface area (Å²) in [7, 11) is 3.29. The Labute approximate surface area is 182 Å². The molecule has 4 aromatic heterocycles. The fourth-order valence-corrected chi connectivity index (χ4v) is 3.19. The van der Waals surface area contributed by atoms with Crippen LogP contribution in [0.4, 0.5) is 23.1 Å². The molecule has 0 aliphatic heterocycles. The van der Waals surface area contributed by atoms with Gasteiger partial charge in [-0.25, -0.2) is 9.97 Å². The van der Waals surface area contributed by atoms with Gasteiger partial charge in [0.1, 0.15) is 11.3 Å². The molecular weight excluding hydrogens is 398 g/mol. The molecule has 3 N–H and O–H groups in total. The van der Waals surface area contributed by atoms with Crippen molar-refractivity contribution in [3.05, 3.63) is 42.5 Å². The molecule has 1 amide bonds. The van der Waals surface area contributed by atoms with E-state index in [0.717, 1.165) is 10.9 Å². The topological polar surface area (TPSA) is 124 Å². The zero-order valence-corrected chi connectivity index (χ0v) is 17.2. The lowest BCUT2D eigenvalue weighted by Crippen LogP contribution is -2.20. The first kappa shape index (κ1) is 16.6. The Morgan fingerprint density at radius 2 is 2.10 bits per heavy atom. The van der Waals surface area contributed by atoms with E-state index in [9.17, 15) is 4.79 Å². The van der Waals surface area contributed by atoms with E-state index in [4.69, 9.17) is 8.85 Å². The van der Waals surface area contributed by atoms with Gasteiger partial charge in [-0.05, 0) is 6.92 Å². The maximum atomic E-state index is 12.7. The summed E-state index contributed by atoms with van der Waals surface area (Å²) in [6.07, 6.45) is 6.36. The number of amides is 1. The Balaban J connectivity index is 1.77. The smallest absolute Gasteiger partial charge is 0.254 e. The third kappa shape index (κ3) is 3.84. The van der Waals surface area contributed by atoms with E-state index in [1.54, 1.807) is 47.1 Å². The van der Waals surface area contributed by atoms with Gasteiger partial charge >= 0.3 is 0 Å². The molecule has 4 aromatic rings. The van der Waals surface area contributed by atoms with Gasteiger partial charge in [-0.3, -0.25) is 14.2 Å². The van der Waals surface area contributed by atoms with Crippen molar-refractivity contribution in [1.82, 2.24) is 34.8 Å². The van der Waals surface area contributed by atoms with Gasteiger partial charge in [-0.1, -0.05) is 0 Å². The van der Waals surface area contributed by atoms with Gasteiger partial charge in [0, 0.05) is 60.8 Å². The molecule has 11 heteroatoms. The highest BCUT2D eigenvalue weighted by molar-refractivity contribution is 6.01. The summed E-state index contributed by atoms with van der Waals surface area (Å²) in [6, 6.07) is 3.32. The molecule has 0 saturated carbocycles. The van der Waals surface area contributed by atoms with Crippen LogP contribution in [0.2, 0.25) is 0 Å². The summed E-state index contributed by atoms with van der Waals surface area (Å²) in [4.78, 5) is 21.4. The number of aromatic nitrogens is 6. The average molecular weight is 424 g/mol. The largest absolute Gasteiger partial charge is 0.491 e. The summed E-state index contributed by atoms with van der Waals surface area (Å²) in [5.41, 5.74) is 1.01. The second-order valence-electron chi connectivity index (χ2n) is 6.60. The molecule has 0 fully saturated rings. The van der Waals surface area contributed by atoms with E-state index in [0.29, 0.717) is 29.7 Å². The zero-order chi connectivity index (χ0) is 24.5. The van der Waals surface area contributed by atoms with Crippen molar-refractivity contribution in [2.24, 2.45) is 7.05 Å². The SMILES string of the molecule is [2H]C([2H])([2H])NC(=O)c1cnc(Nc2ccn(C)n2)cc1Nc1ncc2cnn(CC)c2c1OC. The first-order chi connectivity index (χ1) is 16.2. The van der Waals surface area contributed by atoms with Gasteiger partial charge in [0.05, 0.1) is 24.6 Å². The van der Waals surface area contributed by atoms with Crippen LogP contribution in [0.1, 0.15) is 21.4 Å². The minimum Gasteiger partial charge on any atom is -0.491 e. The van der Waals surface area contributed by atoms with Crippen LogP contribution < -0.4 is 20.7 Å². The molecule has 4 rings (SSSR count). The fraction of sp³-hybridized carbons (Fsp3) is 0.250. The van der Waals surface area contributed by atoms with Gasteiger partial charge in [0.15, 0.2) is 17.4 Å². The summed E-state index contributed by atoms with van der Waals surface area (Å²) in [5, 5.41) is 17.5.